The summed E-state index contributed by atoms with van der Waals surface area (Å²) in [6.07, 6.45) is 2.58. The predicted octanol–water partition coefficient (Wildman–Crippen LogP) is 2.69. The molecule has 0 saturated heterocycles. The zero-order chi connectivity index (χ0) is 16.5. The highest BCUT2D eigenvalue weighted by molar-refractivity contribution is 7.99. The van der Waals surface area contributed by atoms with Crippen molar-refractivity contribution in [2.24, 2.45) is 5.41 Å². The molecule has 5 nitrogen and oxygen atoms in total. The molecule has 1 amide bonds. The number of nitrogens with one attached hydrogen (secondary N) is 2. The molecule has 1 aromatic carbocycles. The summed E-state index contributed by atoms with van der Waals surface area (Å²) < 4.78 is 0. The molecule has 1 aromatic heterocycles. The van der Waals surface area contributed by atoms with Crippen LogP contribution in [0.3, 0.4) is 0 Å². The molecule has 6 heteroatoms. The summed E-state index contributed by atoms with van der Waals surface area (Å²) in [4.78, 5) is 12.8. The van der Waals surface area contributed by atoms with Crippen LogP contribution >= 0.6 is 11.8 Å². The Hall–Kier alpha value is -1.82. The predicted molar refractivity (Wildman–Crippen MR) is 91.4 cm³/mol. The molecule has 0 radical (unpaired) electrons. The number of carbonyl (C=O) groups excluding carboxylic acids is 1. The van der Waals surface area contributed by atoms with Gasteiger partial charge in [0.1, 0.15) is 5.03 Å². The van der Waals surface area contributed by atoms with E-state index in [2.05, 4.69) is 65.8 Å². The Kier molecular flexibility index (Phi) is 4.19. The fourth-order valence-corrected chi connectivity index (χ4v) is 3.85. The van der Waals surface area contributed by atoms with Gasteiger partial charge in [-0.25, -0.2) is 0 Å². The van der Waals surface area contributed by atoms with E-state index in [0.29, 0.717) is 6.54 Å². The average molecular weight is 330 g/mol. The lowest BCUT2D eigenvalue weighted by Crippen LogP contribution is -2.38. The zero-order valence-corrected chi connectivity index (χ0v) is 14.5. The second-order valence-electron chi connectivity index (χ2n) is 6.74. The molecule has 1 aliphatic rings. The molecule has 1 heterocycles. The van der Waals surface area contributed by atoms with Crippen LogP contribution in [0.5, 0.6) is 0 Å². The molecular weight excluding hydrogens is 308 g/mol. The lowest BCUT2D eigenvalue weighted by molar-refractivity contribution is -0.124. The van der Waals surface area contributed by atoms with Crippen LogP contribution in [0.1, 0.15) is 31.4 Å². The fourth-order valence-electron chi connectivity index (χ4n) is 3.20. The number of H-pyrrole nitrogens is 1. The summed E-state index contributed by atoms with van der Waals surface area (Å²) in [7, 11) is 0. The van der Waals surface area contributed by atoms with Crippen LogP contribution in [0.4, 0.5) is 0 Å². The van der Waals surface area contributed by atoms with E-state index in [1.54, 1.807) is 18.0 Å². The summed E-state index contributed by atoms with van der Waals surface area (Å²) in [6.45, 7) is 7.02. The Morgan fingerprint density at radius 1 is 1.35 bits per heavy atom. The third-order valence-electron chi connectivity index (χ3n) is 4.70. The van der Waals surface area contributed by atoms with Gasteiger partial charge in [-0.2, -0.15) is 10.3 Å². The highest BCUT2D eigenvalue weighted by atomic mass is 32.2. The Balaban J connectivity index is 1.62. The Morgan fingerprint density at radius 3 is 2.61 bits per heavy atom. The average Bonchev–Trinajstić information content (AvgIpc) is 2.88. The molecule has 23 heavy (non-hydrogen) atoms. The minimum Gasteiger partial charge on any atom is -0.354 e. The number of hydrogen-bond donors (Lipinski definition) is 2. The Labute approximate surface area is 140 Å². The maximum Gasteiger partial charge on any atom is 0.231 e. The highest BCUT2D eigenvalue weighted by Gasteiger charge is 2.66. The van der Waals surface area contributed by atoms with Crippen LogP contribution in [0.2, 0.25) is 0 Å². The van der Waals surface area contributed by atoms with Gasteiger partial charge in [0.25, 0.3) is 0 Å². The van der Waals surface area contributed by atoms with E-state index in [1.807, 2.05) is 0 Å². The van der Waals surface area contributed by atoms with Crippen LogP contribution in [0.15, 0.2) is 35.5 Å². The number of carbonyl (C=O) groups is 1. The largest absolute Gasteiger partial charge is 0.354 e. The molecule has 1 saturated carbocycles. The van der Waals surface area contributed by atoms with E-state index in [9.17, 15) is 4.79 Å². The number of aromatic nitrogens is 3. The third-order valence-corrected chi connectivity index (χ3v) is 5.60. The van der Waals surface area contributed by atoms with Crippen molar-refractivity contribution in [1.82, 2.24) is 20.7 Å². The molecule has 2 N–H and O–H groups in total. The second kappa shape index (κ2) is 6.00. The van der Waals surface area contributed by atoms with Gasteiger partial charge in [0.05, 0.1) is 11.6 Å². The summed E-state index contributed by atoms with van der Waals surface area (Å²) >= 11 is 1.58. The first kappa shape index (κ1) is 16.1. The van der Waals surface area contributed by atoms with Crippen LogP contribution in [-0.2, 0) is 10.2 Å². The minimum absolute atomic E-state index is 0.00555. The van der Waals surface area contributed by atoms with E-state index in [1.165, 1.54) is 5.56 Å². The van der Waals surface area contributed by atoms with Crippen LogP contribution in [0.25, 0.3) is 0 Å². The maximum atomic E-state index is 12.8. The van der Waals surface area contributed by atoms with Gasteiger partial charge < -0.3 is 5.32 Å². The molecule has 0 spiro atoms. The first-order valence-electron chi connectivity index (χ1n) is 7.80. The number of nitrogens with zero attached hydrogens (tertiary/aromatic N) is 2. The number of thioether (sulfide) groups is 1. The summed E-state index contributed by atoms with van der Waals surface area (Å²) in [5.74, 6) is 0.912. The van der Waals surface area contributed by atoms with Crippen molar-refractivity contribution >= 4 is 17.7 Å². The monoisotopic (exact) mass is 330 g/mol. The number of aromatic amines is 1. The van der Waals surface area contributed by atoms with Gasteiger partial charge in [-0.05, 0) is 24.3 Å². The van der Waals surface area contributed by atoms with Gasteiger partial charge in [-0.15, -0.1) is 16.9 Å². The minimum atomic E-state index is -0.390. The van der Waals surface area contributed by atoms with E-state index in [4.69, 9.17) is 0 Å². The molecule has 122 valence electrons. The molecule has 0 unspecified atom stereocenters. The van der Waals surface area contributed by atoms with Crippen molar-refractivity contribution in [2.45, 2.75) is 37.6 Å². The van der Waals surface area contributed by atoms with Crippen molar-refractivity contribution in [3.63, 3.8) is 0 Å². The maximum absolute atomic E-state index is 12.8. The van der Waals surface area contributed by atoms with Gasteiger partial charge in [0.2, 0.25) is 5.91 Å². The van der Waals surface area contributed by atoms with Crippen molar-refractivity contribution in [1.29, 1.82) is 0 Å². The molecule has 0 bridgehead atoms. The Bertz CT molecular complexity index is 681. The lowest BCUT2D eigenvalue weighted by atomic mass is 9.86. The van der Waals surface area contributed by atoms with Crippen LogP contribution < -0.4 is 5.32 Å². The first-order chi connectivity index (χ1) is 11.0. The van der Waals surface area contributed by atoms with Crippen LogP contribution in [0, 0.1) is 12.3 Å². The quantitative estimate of drug-likeness (QED) is 0.631. The van der Waals surface area contributed by atoms with Gasteiger partial charge in [0.15, 0.2) is 0 Å². The molecule has 2 aromatic rings. The number of amides is 1. The van der Waals surface area contributed by atoms with Crippen molar-refractivity contribution in [3.05, 3.63) is 41.6 Å². The molecule has 1 atom stereocenters. The third kappa shape index (κ3) is 3.00. The highest BCUT2D eigenvalue weighted by Crippen LogP contribution is 2.64. The molecule has 0 aliphatic heterocycles. The van der Waals surface area contributed by atoms with Crippen molar-refractivity contribution in [2.75, 3.05) is 12.3 Å². The van der Waals surface area contributed by atoms with Crippen molar-refractivity contribution in [3.8, 4) is 0 Å². The van der Waals surface area contributed by atoms with Gasteiger partial charge in [0, 0.05) is 12.3 Å². The standard InChI is InChI=1S/C17H22N4OS/c1-12-4-6-13(7-5-12)17(11-16(17,2)3)15(22)18-8-9-23-14-10-19-21-20-14/h4-7,10H,8-9,11H2,1-3H3,(H,18,22)(H,19,20,21)/t17-/m1/s1. The van der Waals surface area contributed by atoms with Gasteiger partial charge in [-0.1, -0.05) is 43.7 Å². The number of hydrogen-bond acceptors (Lipinski definition) is 4. The zero-order valence-electron chi connectivity index (χ0n) is 13.7. The summed E-state index contributed by atoms with van der Waals surface area (Å²) in [5.41, 5.74) is 1.95. The van der Waals surface area contributed by atoms with E-state index < -0.39 is 0 Å². The van der Waals surface area contributed by atoms with Gasteiger partial charge >= 0.3 is 0 Å². The van der Waals surface area contributed by atoms with E-state index >= 15 is 0 Å². The lowest BCUT2D eigenvalue weighted by Gasteiger charge is -2.21. The molecule has 1 aliphatic carbocycles. The van der Waals surface area contributed by atoms with E-state index in [0.717, 1.165) is 22.8 Å². The smallest absolute Gasteiger partial charge is 0.231 e. The fraction of sp³-hybridized carbons (Fsp3) is 0.471. The number of rotatable bonds is 6. The Morgan fingerprint density at radius 2 is 2.04 bits per heavy atom. The summed E-state index contributed by atoms with van der Waals surface area (Å²) in [6, 6.07) is 8.35. The van der Waals surface area contributed by atoms with E-state index in [-0.39, 0.29) is 16.7 Å². The van der Waals surface area contributed by atoms with Crippen LogP contribution in [-0.4, -0.2) is 33.6 Å². The molecular formula is C17H22N4OS. The first-order valence-corrected chi connectivity index (χ1v) is 8.78. The topological polar surface area (TPSA) is 70.7 Å². The molecule has 3 rings (SSSR count). The SMILES string of the molecule is Cc1ccc([C@@]2(C(=O)NCCSc3cn[nH]n3)CC2(C)C)cc1. The van der Waals surface area contributed by atoms with Crippen molar-refractivity contribution < 1.29 is 4.79 Å². The summed E-state index contributed by atoms with van der Waals surface area (Å²) in [5, 5.41) is 14.3. The van der Waals surface area contributed by atoms with Gasteiger partial charge in [-0.3, -0.25) is 4.79 Å². The number of benzene rings is 1. The normalized spacial score (nSPS) is 21.9. The second-order valence-corrected chi connectivity index (χ2v) is 7.86. The number of aryl methyl sites for hydroxylation is 1. The molecule has 1 fully saturated rings.